The topological polar surface area (TPSA) is 58.6 Å². The molecule has 2 saturated carbocycles. The van der Waals surface area contributed by atoms with E-state index >= 15 is 0 Å². The van der Waals surface area contributed by atoms with E-state index < -0.39 is 0 Å². The third-order valence-electron chi connectivity index (χ3n) is 4.72. The molecule has 0 saturated heterocycles. The molecule has 3 nitrogen and oxygen atoms in total. The van der Waals surface area contributed by atoms with E-state index in [0.717, 1.165) is 18.6 Å². The first kappa shape index (κ1) is 9.00. The number of aliphatic hydroxyl groups is 1. The fourth-order valence-corrected chi connectivity index (χ4v) is 3.28. The van der Waals surface area contributed by atoms with Crippen molar-refractivity contribution in [1.29, 1.82) is 0 Å². The van der Waals surface area contributed by atoms with Gasteiger partial charge in [0.05, 0.1) is 0 Å². The van der Waals surface area contributed by atoms with E-state index in [1.165, 1.54) is 6.42 Å². The zero-order valence-electron chi connectivity index (χ0n) is 8.38. The van der Waals surface area contributed by atoms with Crippen molar-refractivity contribution < 1.29 is 5.11 Å². The molecule has 0 spiro atoms. The second-order valence-corrected chi connectivity index (χ2v) is 4.92. The maximum absolute atomic E-state index is 9.49. The van der Waals surface area contributed by atoms with Crippen LogP contribution in [0.1, 0.15) is 33.1 Å². The summed E-state index contributed by atoms with van der Waals surface area (Å²) in [7, 11) is 0. The van der Waals surface area contributed by atoms with Crippen LogP contribution in [0.25, 0.3) is 0 Å². The van der Waals surface area contributed by atoms with Gasteiger partial charge in [-0.25, -0.2) is 0 Å². The second kappa shape index (κ2) is 2.47. The number of hydrogen-bond acceptors (Lipinski definition) is 3. The summed E-state index contributed by atoms with van der Waals surface area (Å²) in [6, 6.07) is 0. The molecule has 2 aliphatic rings. The SMILES string of the molecule is CC12CCC(C/C1=N\N)C2(C)CO. The van der Waals surface area contributed by atoms with E-state index in [2.05, 4.69) is 18.9 Å². The van der Waals surface area contributed by atoms with Crippen molar-refractivity contribution in [2.45, 2.75) is 33.1 Å². The number of hydrazone groups is 1. The van der Waals surface area contributed by atoms with Gasteiger partial charge in [0, 0.05) is 23.1 Å². The van der Waals surface area contributed by atoms with Crippen LogP contribution in [-0.4, -0.2) is 17.4 Å². The Balaban J connectivity index is 2.45. The predicted molar refractivity (Wildman–Crippen MR) is 52.3 cm³/mol. The van der Waals surface area contributed by atoms with Crippen LogP contribution in [0.5, 0.6) is 0 Å². The first-order valence-electron chi connectivity index (χ1n) is 4.96. The molecule has 74 valence electrons. The van der Waals surface area contributed by atoms with Gasteiger partial charge in [-0.3, -0.25) is 0 Å². The molecule has 3 atom stereocenters. The number of nitrogens with two attached hydrogens (primary N) is 1. The van der Waals surface area contributed by atoms with Crippen molar-refractivity contribution in [3.05, 3.63) is 0 Å². The van der Waals surface area contributed by atoms with E-state index in [1.54, 1.807) is 0 Å². The number of hydrogen-bond donors (Lipinski definition) is 2. The molecular formula is C10H18N2O. The van der Waals surface area contributed by atoms with Crippen LogP contribution in [0.15, 0.2) is 5.10 Å². The van der Waals surface area contributed by atoms with Crippen LogP contribution in [0, 0.1) is 16.7 Å². The summed E-state index contributed by atoms with van der Waals surface area (Å²) >= 11 is 0. The maximum atomic E-state index is 9.49. The second-order valence-electron chi connectivity index (χ2n) is 4.92. The summed E-state index contributed by atoms with van der Waals surface area (Å²) in [5.41, 5.74) is 1.19. The van der Waals surface area contributed by atoms with Crippen molar-refractivity contribution in [3.8, 4) is 0 Å². The molecule has 2 rings (SSSR count). The lowest BCUT2D eigenvalue weighted by Gasteiger charge is -2.36. The molecule has 0 heterocycles. The Labute approximate surface area is 79.0 Å². The smallest absolute Gasteiger partial charge is 0.0496 e. The Kier molecular flexibility index (Phi) is 1.71. The molecule has 3 heteroatoms. The molecule has 2 aliphatic carbocycles. The highest BCUT2D eigenvalue weighted by Gasteiger charge is 2.62. The predicted octanol–water partition coefficient (Wildman–Crippen LogP) is 1.12. The van der Waals surface area contributed by atoms with Crippen molar-refractivity contribution >= 4 is 5.71 Å². The number of fused-ring (bicyclic) bond motifs is 2. The first-order valence-corrected chi connectivity index (χ1v) is 4.96. The van der Waals surface area contributed by atoms with Crippen molar-refractivity contribution in [3.63, 3.8) is 0 Å². The monoisotopic (exact) mass is 182 g/mol. The minimum absolute atomic E-state index is 0.0191. The molecule has 0 aromatic carbocycles. The summed E-state index contributed by atoms with van der Waals surface area (Å²) in [4.78, 5) is 0. The van der Waals surface area contributed by atoms with Gasteiger partial charge < -0.3 is 10.9 Å². The summed E-state index contributed by atoms with van der Waals surface area (Å²) in [6.45, 7) is 4.62. The molecule has 0 aromatic heterocycles. The number of nitrogens with zero attached hydrogens (tertiary/aromatic N) is 1. The largest absolute Gasteiger partial charge is 0.396 e. The zero-order chi connectivity index (χ0) is 9.69. The van der Waals surface area contributed by atoms with E-state index in [-0.39, 0.29) is 17.4 Å². The van der Waals surface area contributed by atoms with Gasteiger partial charge in [0.2, 0.25) is 0 Å². The third-order valence-corrected chi connectivity index (χ3v) is 4.72. The first-order chi connectivity index (χ1) is 6.08. The maximum Gasteiger partial charge on any atom is 0.0496 e. The number of rotatable bonds is 1. The van der Waals surface area contributed by atoms with Crippen LogP contribution in [0.4, 0.5) is 0 Å². The zero-order valence-corrected chi connectivity index (χ0v) is 8.38. The molecule has 0 aliphatic heterocycles. The lowest BCUT2D eigenvalue weighted by atomic mass is 9.69. The van der Waals surface area contributed by atoms with Crippen molar-refractivity contribution in [2.24, 2.45) is 27.7 Å². The Morgan fingerprint density at radius 2 is 2.31 bits per heavy atom. The normalized spacial score (nSPS) is 51.9. The van der Waals surface area contributed by atoms with E-state index in [1.807, 2.05) is 0 Å². The molecule has 0 aromatic rings. The van der Waals surface area contributed by atoms with E-state index in [4.69, 9.17) is 5.84 Å². The average Bonchev–Trinajstić information content (AvgIpc) is 2.51. The van der Waals surface area contributed by atoms with Gasteiger partial charge >= 0.3 is 0 Å². The molecule has 2 fully saturated rings. The van der Waals surface area contributed by atoms with Gasteiger partial charge in [-0.2, -0.15) is 5.10 Å². The lowest BCUT2D eigenvalue weighted by molar-refractivity contribution is 0.0636. The Bertz CT molecular complexity index is 264. The summed E-state index contributed by atoms with van der Waals surface area (Å²) in [5, 5.41) is 13.4. The van der Waals surface area contributed by atoms with Gasteiger partial charge in [-0.15, -0.1) is 0 Å². The molecule has 3 unspecified atom stereocenters. The quantitative estimate of drug-likeness (QED) is 0.471. The van der Waals surface area contributed by atoms with Crippen molar-refractivity contribution in [1.82, 2.24) is 0 Å². The third kappa shape index (κ3) is 0.810. The van der Waals surface area contributed by atoms with Gasteiger partial charge in [0.25, 0.3) is 0 Å². The summed E-state index contributed by atoms with van der Waals surface area (Å²) in [6.07, 6.45) is 3.33. The van der Waals surface area contributed by atoms with Crippen LogP contribution >= 0.6 is 0 Å². The Morgan fingerprint density at radius 1 is 1.62 bits per heavy atom. The Hall–Kier alpha value is -0.570. The molecule has 13 heavy (non-hydrogen) atoms. The fourth-order valence-electron chi connectivity index (χ4n) is 3.28. The summed E-state index contributed by atoms with van der Waals surface area (Å²) in [5.74, 6) is 5.98. The standard InChI is InChI=1S/C10H18N2O/c1-9-4-3-7(5-8(9)12-11)10(9,2)6-13/h7,13H,3-6,11H2,1-2H3/b12-8+. The Morgan fingerprint density at radius 3 is 2.69 bits per heavy atom. The van der Waals surface area contributed by atoms with Crippen LogP contribution in [0.3, 0.4) is 0 Å². The van der Waals surface area contributed by atoms with Crippen molar-refractivity contribution in [2.75, 3.05) is 6.61 Å². The molecular weight excluding hydrogens is 164 g/mol. The minimum Gasteiger partial charge on any atom is -0.396 e. The molecule has 0 amide bonds. The molecule has 0 radical (unpaired) electrons. The highest BCUT2D eigenvalue weighted by atomic mass is 16.3. The molecule has 3 N–H and O–H groups in total. The number of aliphatic hydroxyl groups excluding tert-OH is 1. The van der Waals surface area contributed by atoms with Gasteiger partial charge in [-0.1, -0.05) is 13.8 Å². The van der Waals surface area contributed by atoms with Gasteiger partial charge in [-0.05, 0) is 25.2 Å². The highest BCUT2D eigenvalue weighted by molar-refractivity contribution is 5.94. The highest BCUT2D eigenvalue weighted by Crippen LogP contribution is 2.63. The van der Waals surface area contributed by atoms with E-state index in [9.17, 15) is 5.11 Å². The summed E-state index contributed by atoms with van der Waals surface area (Å²) < 4.78 is 0. The van der Waals surface area contributed by atoms with Gasteiger partial charge in [0.15, 0.2) is 0 Å². The van der Waals surface area contributed by atoms with Gasteiger partial charge in [0.1, 0.15) is 0 Å². The van der Waals surface area contributed by atoms with E-state index in [0.29, 0.717) is 5.92 Å². The van der Waals surface area contributed by atoms with Crippen LogP contribution in [0.2, 0.25) is 0 Å². The van der Waals surface area contributed by atoms with Crippen LogP contribution < -0.4 is 5.84 Å². The minimum atomic E-state index is 0.0191. The fraction of sp³-hybridized carbons (Fsp3) is 0.900. The average molecular weight is 182 g/mol. The van der Waals surface area contributed by atoms with Crippen LogP contribution in [-0.2, 0) is 0 Å². The molecule has 2 bridgehead atoms. The lowest BCUT2D eigenvalue weighted by Crippen LogP contribution is -2.38.